The third kappa shape index (κ3) is 3.82. The fourth-order valence-electron chi connectivity index (χ4n) is 1.16. The fraction of sp³-hybridized carbons (Fsp3) is 0. The number of pyridine rings is 1. The molecule has 0 fully saturated rings. The molecular formula is C9H6Cl3NOTi. The molecule has 2 aromatic rings. The summed E-state index contributed by atoms with van der Waals surface area (Å²) >= 11 is 1.67. The van der Waals surface area contributed by atoms with Crippen LogP contribution < -0.4 is 40.5 Å². The zero-order chi connectivity index (χ0) is 8.39. The van der Waals surface area contributed by atoms with Crippen LogP contribution in [0.3, 0.4) is 0 Å². The van der Waals surface area contributed by atoms with Gasteiger partial charge in [0, 0.05) is 0 Å². The van der Waals surface area contributed by atoms with E-state index in [0.29, 0.717) is 0 Å². The molecule has 0 aliphatic carbocycles. The Bertz CT molecular complexity index is 408. The van der Waals surface area contributed by atoms with Gasteiger partial charge in [-0.05, 0) is 0 Å². The quantitative estimate of drug-likeness (QED) is 0.488. The molecule has 0 aliphatic rings. The molecule has 1 aromatic carbocycles. The Kier molecular flexibility index (Phi) is 9.52. The summed E-state index contributed by atoms with van der Waals surface area (Å²) in [5.41, 5.74) is 0.969. The molecule has 0 saturated heterocycles. The third-order valence-corrected chi connectivity index (χ3v) is 2.06. The third-order valence-electron chi connectivity index (χ3n) is 1.72. The van der Waals surface area contributed by atoms with E-state index in [1.54, 1.807) is 27.0 Å². The van der Waals surface area contributed by atoms with E-state index in [1.807, 2.05) is 30.3 Å². The van der Waals surface area contributed by atoms with Gasteiger partial charge in [-0.15, -0.1) is 0 Å². The van der Waals surface area contributed by atoms with Gasteiger partial charge < -0.3 is 37.2 Å². The SMILES string of the molecule is [Cl-].[Cl-].[Cl-].[Ti+3][O]c1cccc2ncccc12. The van der Waals surface area contributed by atoms with Crippen molar-refractivity contribution in [3.05, 3.63) is 36.5 Å². The second kappa shape index (κ2) is 8.20. The van der Waals surface area contributed by atoms with Gasteiger partial charge in [-0.25, -0.2) is 0 Å². The number of halogens is 3. The number of rotatable bonds is 1. The van der Waals surface area contributed by atoms with Gasteiger partial charge in [0.15, 0.2) is 0 Å². The van der Waals surface area contributed by atoms with Crippen molar-refractivity contribution in [2.45, 2.75) is 0 Å². The minimum atomic E-state index is 0. The molecule has 0 radical (unpaired) electrons. The first kappa shape index (κ1) is 17.4. The summed E-state index contributed by atoms with van der Waals surface area (Å²) in [7, 11) is 0. The number of hydrogen-bond acceptors (Lipinski definition) is 2. The molecule has 1 aromatic heterocycles. The van der Waals surface area contributed by atoms with E-state index in [9.17, 15) is 0 Å². The van der Waals surface area contributed by atoms with Crippen molar-refractivity contribution in [3.8, 4) is 5.75 Å². The number of aromatic nitrogens is 1. The average Bonchev–Trinajstić information content (AvgIpc) is 2.17. The van der Waals surface area contributed by atoms with Crippen LogP contribution in [0.25, 0.3) is 10.9 Å². The average molecular weight is 298 g/mol. The molecule has 0 atom stereocenters. The fourth-order valence-corrected chi connectivity index (χ4v) is 1.44. The Hall–Kier alpha value is 0.0143. The normalized spacial score (nSPS) is 8.13. The van der Waals surface area contributed by atoms with Crippen molar-refractivity contribution in [2.75, 3.05) is 0 Å². The van der Waals surface area contributed by atoms with Gasteiger partial charge in [0.1, 0.15) is 0 Å². The van der Waals surface area contributed by atoms with E-state index in [1.165, 1.54) is 0 Å². The Balaban J connectivity index is 0. The molecular weight excluding hydrogens is 292 g/mol. The van der Waals surface area contributed by atoms with Crippen LogP contribution in [0, 0.1) is 0 Å². The van der Waals surface area contributed by atoms with Gasteiger partial charge in [0.05, 0.1) is 0 Å². The van der Waals surface area contributed by atoms with Gasteiger partial charge in [-0.2, -0.15) is 0 Å². The Morgan fingerprint density at radius 1 is 1.00 bits per heavy atom. The van der Waals surface area contributed by atoms with Gasteiger partial charge in [0.2, 0.25) is 0 Å². The van der Waals surface area contributed by atoms with E-state index in [0.717, 1.165) is 16.7 Å². The predicted octanol–water partition coefficient (Wildman–Crippen LogP) is -6.91. The van der Waals surface area contributed by atoms with Gasteiger partial charge >= 0.3 is 82.3 Å². The zero-order valence-electron chi connectivity index (χ0n) is 7.45. The molecule has 0 spiro atoms. The van der Waals surface area contributed by atoms with E-state index in [2.05, 4.69) is 4.98 Å². The summed E-state index contributed by atoms with van der Waals surface area (Å²) in [4.78, 5) is 4.21. The Morgan fingerprint density at radius 3 is 2.40 bits per heavy atom. The monoisotopic (exact) mass is 297 g/mol. The molecule has 78 valence electrons. The van der Waals surface area contributed by atoms with E-state index in [-0.39, 0.29) is 37.2 Å². The number of fused-ring (bicyclic) bond motifs is 1. The molecule has 0 N–H and O–H groups in total. The van der Waals surface area contributed by atoms with Crippen molar-refractivity contribution in [2.24, 2.45) is 0 Å². The van der Waals surface area contributed by atoms with Crippen molar-refractivity contribution >= 4 is 10.9 Å². The molecule has 6 heteroatoms. The molecule has 1 heterocycles. The second-order valence-electron chi connectivity index (χ2n) is 2.43. The maximum atomic E-state index is 5.19. The summed E-state index contributed by atoms with van der Waals surface area (Å²) in [5, 5.41) is 1.06. The van der Waals surface area contributed by atoms with Crippen LogP contribution in [0.2, 0.25) is 0 Å². The van der Waals surface area contributed by atoms with Crippen molar-refractivity contribution < 1.29 is 61.4 Å². The van der Waals surface area contributed by atoms with E-state index >= 15 is 0 Å². The Morgan fingerprint density at radius 2 is 1.73 bits per heavy atom. The minimum absolute atomic E-state index is 0. The molecule has 2 rings (SSSR count). The van der Waals surface area contributed by atoms with E-state index in [4.69, 9.17) is 3.32 Å². The van der Waals surface area contributed by atoms with Crippen LogP contribution in [0.1, 0.15) is 0 Å². The van der Waals surface area contributed by atoms with Gasteiger partial charge in [0.25, 0.3) is 0 Å². The molecule has 0 aliphatic heterocycles. The zero-order valence-corrected chi connectivity index (χ0v) is 11.3. The van der Waals surface area contributed by atoms with Crippen LogP contribution in [-0.4, -0.2) is 4.98 Å². The second-order valence-corrected chi connectivity index (χ2v) is 2.75. The molecule has 0 amide bonds. The summed E-state index contributed by atoms with van der Waals surface area (Å²) < 4.78 is 5.19. The predicted molar refractivity (Wildman–Crippen MR) is 42.4 cm³/mol. The molecule has 0 unspecified atom stereocenters. The number of benzene rings is 1. The van der Waals surface area contributed by atoms with Gasteiger partial charge in [-0.3, -0.25) is 0 Å². The summed E-state index contributed by atoms with van der Waals surface area (Å²) in [6.07, 6.45) is 1.78. The Labute approximate surface area is 119 Å². The van der Waals surface area contributed by atoms with Crippen LogP contribution in [-0.2, 0) is 20.8 Å². The number of hydrogen-bond donors (Lipinski definition) is 0. The summed E-state index contributed by atoms with van der Waals surface area (Å²) in [6.45, 7) is 0. The number of nitrogens with zero attached hydrogens (tertiary/aromatic N) is 1. The molecule has 0 bridgehead atoms. The first-order valence-electron chi connectivity index (χ1n) is 3.59. The van der Waals surface area contributed by atoms with Crippen molar-refractivity contribution in [1.82, 2.24) is 4.98 Å². The van der Waals surface area contributed by atoms with Crippen LogP contribution in [0.4, 0.5) is 0 Å². The summed E-state index contributed by atoms with van der Waals surface area (Å²) in [6, 6.07) is 9.75. The maximum absolute atomic E-state index is 5.19. The topological polar surface area (TPSA) is 22.1 Å². The first-order valence-corrected chi connectivity index (χ1v) is 4.23. The van der Waals surface area contributed by atoms with Crippen LogP contribution >= 0.6 is 0 Å². The summed E-state index contributed by atoms with van der Waals surface area (Å²) in [5.74, 6) is 0.876. The van der Waals surface area contributed by atoms with Crippen LogP contribution in [0.5, 0.6) is 5.75 Å². The van der Waals surface area contributed by atoms with E-state index < -0.39 is 0 Å². The van der Waals surface area contributed by atoms with Gasteiger partial charge in [-0.1, -0.05) is 0 Å². The molecule has 0 saturated carbocycles. The first-order chi connectivity index (χ1) is 5.92. The molecule has 2 nitrogen and oxygen atoms in total. The van der Waals surface area contributed by atoms with Crippen molar-refractivity contribution in [1.29, 1.82) is 0 Å². The van der Waals surface area contributed by atoms with Crippen LogP contribution in [0.15, 0.2) is 36.5 Å². The standard InChI is InChI=1S/C9H7NO.3ClH.Ti/c11-9-5-1-4-8-7(9)3-2-6-10-8;;;;/h1-6,11H;3*1H;/q;;;;+4/p-4. The van der Waals surface area contributed by atoms with Crippen molar-refractivity contribution in [3.63, 3.8) is 0 Å². The molecule has 15 heavy (non-hydrogen) atoms.